The molecule has 3 saturated carbocycles. The van der Waals surface area contributed by atoms with Gasteiger partial charge in [-0.05, 0) is 83.8 Å². The molecule has 0 bridgehead atoms. The first-order valence-corrected chi connectivity index (χ1v) is 13.2. The molecule has 4 N–H and O–H groups in total. The molecular formula is C28H38O8. The second-order valence-electron chi connectivity index (χ2n) is 13.0. The van der Waals surface area contributed by atoms with E-state index in [4.69, 9.17) is 9.47 Å². The first-order chi connectivity index (χ1) is 16.6. The number of hydrogen-bond donors (Lipinski definition) is 4. The van der Waals surface area contributed by atoms with Crippen LogP contribution in [0, 0.1) is 22.7 Å². The zero-order valence-corrected chi connectivity index (χ0v) is 21.7. The van der Waals surface area contributed by atoms with Crippen LogP contribution in [0.4, 0.5) is 0 Å². The fraction of sp³-hybridized carbons (Fsp3) is 0.786. The van der Waals surface area contributed by atoms with E-state index in [1.54, 1.807) is 6.92 Å². The van der Waals surface area contributed by atoms with Crippen LogP contribution in [-0.2, 0) is 19.1 Å². The van der Waals surface area contributed by atoms with Gasteiger partial charge in [0.15, 0.2) is 5.78 Å². The third-order valence-electron chi connectivity index (χ3n) is 12.1. The molecule has 0 aromatic rings. The van der Waals surface area contributed by atoms with E-state index >= 15 is 0 Å². The van der Waals surface area contributed by atoms with E-state index in [2.05, 4.69) is 0 Å². The van der Waals surface area contributed by atoms with Gasteiger partial charge in [-0.25, -0.2) is 4.79 Å². The van der Waals surface area contributed by atoms with Crippen LogP contribution in [0.1, 0.15) is 73.1 Å². The zero-order chi connectivity index (χ0) is 26.3. The normalized spacial score (nSPS) is 55.2. The summed E-state index contributed by atoms with van der Waals surface area (Å²) in [4.78, 5) is 25.8. The topological polar surface area (TPSA) is 137 Å². The third kappa shape index (κ3) is 2.40. The molecule has 8 heteroatoms. The lowest BCUT2D eigenvalue weighted by Gasteiger charge is -2.63. The molecule has 2 heterocycles. The summed E-state index contributed by atoms with van der Waals surface area (Å²) in [6, 6.07) is 0. The molecule has 198 valence electrons. The molecule has 11 atom stereocenters. The Morgan fingerprint density at radius 3 is 2.44 bits per heavy atom. The molecule has 4 fully saturated rings. The van der Waals surface area contributed by atoms with Crippen molar-refractivity contribution in [1.29, 1.82) is 0 Å². The lowest BCUT2D eigenvalue weighted by molar-refractivity contribution is -0.283. The maximum atomic E-state index is 13.3. The summed E-state index contributed by atoms with van der Waals surface area (Å²) < 4.78 is 11.7. The number of fused-ring (bicyclic) bond motifs is 4. The van der Waals surface area contributed by atoms with E-state index in [0.717, 1.165) is 5.57 Å². The molecule has 6 rings (SSSR count). The lowest BCUT2D eigenvalue weighted by Crippen LogP contribution is -2.73. The number of epoxide rings is 1. The number of aliphatic hydroxyl groups is 4. The fourth-order valence-corrected chi connectivity index (χ4v) is 9.42. The van der Waals surface area contributed by atoms with Gasteiger partial charge in [-0.3, -0.25) is 4.79 Å². The SMILES string of the molecule is CC1=C(C)C(=O)O[C@@H]([C@@](C)(O)[C@]2(O)CC[C@@]3(O)[C@@H]4C[C@H]5O[C@]56[C@@H](O)C=CC(=O)[C@]6(C)[C@@H]4CC[C@@]23C)C1. The second kappa shape index (κ2) is 6.89. The Hall–Kier alpha value is -1.58. The Labute approximate surface area is 211 Å². The minimum Gasteiger partial charge on any atom is -0.455 e. The number of esters is 1. The van der Waals surface area contributed by atoms with Gasteiger partial charge in [0.25, 0.3) is 0 Å². The summed E-state index contributed by atoms with van der Waals surface area (Å²) in [6.45, 7) is 8.73. The lowest BCUT2D eigenvalue weighted by atomic mass is 9.42. The van der Waals surface area contributed by atoms with Crippen LogP contribution >= 0.6 is 0 Å². The van der Waals surface area contributed by atoms with Gasteiger partial charge < -0.3 is 29.9 Å². The Bertz CT molecular complexity index is 1120. The molecule has 0 amide bonds. The van der Waals surface area contributed by atoms with Crippen LogP contribution < -0.4 is 0 Å². The minimum atomic E-state index is -1.81. The van der Waals surface area contributed by atoms with Gasteiger partial charge in [-0.15, -0.1) is 0 Å². The van der Waals surface area contributed by atoms with E-state index in [1.807, 2.05) is 20.8 Å². The number of allylic oxidation sites excluding steroid dienone is 1. The number of ether oxygens (including phenoxy) is 2. The molecule has 2 aliphatic heterocycles. The largest absolute Gasteiger partial charge is 0.455 e. The smallest absolute Gasteiger partial charge is 0.334 e. The third-order valence-corrected chi connectivity index (χ3v) is 12.1. The van der Waals surface area contributed by atoms with Crippen LogP contribution in [0.3, 0.4) is 0 Å². The predicted octanol–water partition coefficient (Wildman–Crippen LogP) is 1.73. The Kier molecular flexibility index (Phi) is 4.73. The predicted molar refractivity (Wildman–Crippen MR) is 127 cm³/mol. The van der Waals surface area contributed by atoms with Gasteiger partial charge in [-0.1, -0.05) is 12.5 Å². The van der Waals surface area contributed by atoms with Gasteiger partial charge in [0.2, 0.25) is 0 Å². The molecule has 6 aliphatic rings. The fourth-order valence-electron chi connectivity index (χ4n) is 9.42. The number of cyclic esters (lactones) is 1. The number of rotatable bonds is 2. The van der Waals surface area contributed by atoms with Gasteiger partial charge >= 0.3 is 5.97 Å². The van der Waals surface area contributed by atoms with Crippen molar-refractivity contribution in [1.82, 2.24) is 0 Å². The number of aliphatic hydroxyl groups excluding tert-OH is 1. The van der Waals surface area contributed by atoms with Crippen LogP contribution in [0.2, 0.25) is 0 Å². The first-order valence-electron chi connectivity index (χ1n) is 13.2. The number of ketones is 1. The molecule has 1 saturated heterocycles. The van der Waals surface area contributed by atoms with Crippen molar-refractivity contribution < 1.29 is 39.5 Å². The summed E-state index contributed by atoms with van der Waals surface area (Å²) in [6.07, 6.45) is 2.84. The molecule has 4 aliphatic carbocycles. The highest BCUT2D eigenvalue weighted by Crippen LogP contribution is 2.75. The van der Waals surface area contributed by atoms with Gasteiger partial charge in [-0.2, -0.15) is 0 Å². The maximum absolute atomic E-state index is 13.3. The Balaban J connectivity index is 1.39. The number of carbonyl (C=O) groups excluding carboxylic acids is 2. The van der Waals surface area contributed by atoms with Crippen LogP contribution in [0.25, 0.3) is 0 Å². The van der Waals surface area contributed by atoms with Gasteiger partial charge in [0, 0.05) is 17.4 Å². The molecule has 0 radical (unpaired) electrons. The van der Waals surface area contributed by atoms with Crippen molar-refractivity contribution in [2.24, 2.45) is 22.7 Å². The highest BCUT2D eigenvalue weighted by molar-refractivity contribution is 5.98. The number of hydrogen-bond acceptors (Lipinski definition) is 8. The molecule has 1 spiro atoms. The maximum Gasteiger partial charge on any atom is 0.334 e. The summed E-state index contributed by atoms with van der Waals surface area (Å²) in [5.41, 5.74) is -6.64. The zero-order valence-electron chi connectivity index (χ0n) is 21.7. The average molecular weight is 503 g/mol. The van der Waals surface area contributed by atoms with Gasteiger partial charge in [0.05, 0.1) is 17.1 Å². The molecular weight excluding hydrogens is 464 g/mol. The van der Waals surface area contributed by atoms with E-state index in [9.17, 15) is 30.0 Å². The quantitative estimate of drug-likeness (QED) is 0.331. The van der Waals surface area contributed by atoms with Crippen molar-refractivity contribution in [3.63, 3.8) is 0 Å². The van der Waals surface area contributed by atoms with E-state index in [1.165, 1.54) is 19.1 Å². The first kappa shape index (κ1) is 24.7. The average Bonchev–Trinajstić information content (AvgIpc) is 3.51. The summed E-state index contributed by atoms with van der Waals surface area (Å²) in [5, 5.41) is 47.5. The van der Waals surface area contributed by atoms with Crippen molar-refractivity contribution in [3.8, 4) is 0 Å². The van der Waals surface area contributed by atoms with Crippen LogP contribution in [0.15, 0.2) is 23.3 Å². The standard InChI is InChI=1S/C28H38O8/c1-14-12-20(35-22(31)15(14)2)25(5,32)27(34)11-10-26(33)17-13-21-28(36-21)19(30)7-6-18(29)24(28,4)16(17)8-9-23(26,27)3/h6-7,16-17,19-21,30,32-34H,8-13H2,1-5H3/t16-,17-,19+,20-,21-,23-,24+,25-,26-,27+,28-/m1/s1. The molecule has 0 aromatic carbocycles. The molecule has 36 heavy (non-hydrogen) atoms. The summed E-state index contributed by atoms with van der Waals surface area (Å²) >= 11 is 0. The van der Waals surface area contributed by atoms with Crippen molar-refractivity contribution in [3.05, 3.63) is 23.3 Å². The monoisotopic (exact) mass is 502 g/mol. The van der Waals surface area contributed by atoms with E-state index < -0.39 is 51.4 Å². The minimum absolute atomic E-state index is 0.0933. The van der Waals surface area contributed by atoms with Crippen LogP contribution in [0.5, 0.6) is 0 Å². The molecule has 0 unspecified atom stereocenters. The Morgan fingerprint density at radius 2 is 1.78 bits per heavy atom. The van der Waals surface area contributed by atoms with E-state index in [0.29, 0.717) is 31.3 Å². The van der Waals surface area contributed by atoms with Gasteiger partial charge in [0.1, 0.15) is 29.0 Å². The number of carbonyl (C=O) groups is 2. The summed E-state index contributed by atoms with van der Waals surface area (Å²) in [5.74, 6) is -1.19. The van der Waals surface area contributed by atoms with Crippen molar-refractivity contribution in [2.45, 2.75) is 114 Å². The second-order valence-corrected chi connectivity index (χ2v) is 13.0. The van der Waals surface area contributed by atoms with E-state index in [-0.39, 0.29) is 36.6 Å². The highest BCUT2D eigenvalue weighted by Gasteiger charge is 2.84. The molecule has 8 nitrogen and oxygen atoms in total. The van der Waals surface area contributed by atoms with Crippen LogP contribution in [-0.4, -0.2) is 72.9 Å². The highest BCUT2D eigenvalue weighted by atomic mass is 16.6. The molecule has 0 aromatic heterocycles. The van der Waals surface area contributed by atoms with Crippen molar-refractivity contribution in [2.75, 3.05) is 0 Å². The van der Waals surface area contributed by atoms with Crippen molar-refractivity contribution >= 4 is 11.8 Å². The summed E-state index contributed by atoms with van der Waals surface area (Å²) in [7, 11) is 0. The Morgan fingerprint density at radius 1 is 1.08 bits per heavy atom.